The van der Waals surface area contributed by atoms with E-state index in [1.165, 1.54) is 32.7 Å². The molecule has 39 heavy (non-hydrogen) atoms. The Kier molecular flexibility index (Phi) is 8.39. The summed E-state index contributed by atoms with van der Waals surface area (Å²) in [6, 6.07) is 13.7. The van der Waals surface area contributed by atoms with Gasteiger partial charge in [-0.3, -0.25) is 9.59 Å². The molecule has 0 saturated carbocycles. The predicted octanol–water partition coefficient (Wildman–Crippen LogP) is 4.20. The molecule has 206 valence electrons. The maximum absolute atomic E-state index is 14.1. The first-order valence-corrected chi connectivity index (χ1v) is 13.2. The molecule has 0 aliphatic carbocycles. The number of aromatic nitrogens is 3. The molecule has 0 radical (unpaired) electrons. The number of benzene rings is 2. The number of ether oxygens (including phenoxy) is 3. The lowest BCUT2D eigenvalue weighted by Gasteiger charge is -2.34. The number of nitrogens with one attached hydrogen (secondary N) is 1. The second kappa shape index (κ2) is 11.7. The Morgan fingerprint density at radius 2 is 1.72 bits per heavy atom. The van der Waals surface area contributed by atoms with E-state index < -0.39 is 11.6 Å². The van der Waals surface area contributed by atoms with Gasteiger partial charge in [0.2, 0.25) is 17.6 Å². The Morgan fingerprint density at radius 3 is 2.31 bits per heavy atom. The molecule has 2 heterocycles. The zero-order valence-electron chi connectivity index (χ0n) is 22.9. The van der Waals surface area contributed by atoms with Gasteiger partial charge in [0.15, 0.2) is 11.5 Å². The van der Waals surface area contributed by atoms with Crippen LogP contribution in [0, 0.1) is 0 Å². The summed E-state index contributed by atoms with van der Waals surface area (Å²) in [5.41, 5.74) is 1.38. The standard InChI is InChI=1S/C28H33N5O5S/c1-28(2,3)29-27(35)25(18-14-22(36-4)26(38-6)23(15-18)37-5)32(16-19-10-9-13-39-19)24(34)17-33-21-12-8-7-11-20(21)30-31-33/h7-15,25H,16-17H2,1-6H3,(H,29,35). The summed E-state index contributed by atoms with van der Waals surface area (Å²) in [7, 11) is 4.53. The molecule has 1 atom stereocenters. The van der Waals surface area contributed by atoms with Gasteiger partial charge in [0, 0.05) is 10.4 Å². The molecule has 10 nitrogen and oxygen atoms in total. The molecule has 1 N–H and O–H groups in total. The van der Waals surface area contributed by atoms with Crippen LogP contribution < -0.4 is 19.5 Å². The van der Waals surface area contributed by atoms with Crippen LogP contribution in [0.4, 0.5) is 0 Å². The van der Waals surface area contributed by atoms with E-state index in [4.69, 9.17) is 14.2 Å². The third-order valence-electron chi connectivity index (χ3n) is 5.99. The summed E-state index contributed by atoms with van der Waals surface area (Å²) in [5.74, 6) is 0.508. The normalized spacial score (nSPS) is 12.2. The van der Waals surface area contributed by atoms with Crippen molar-refractivity contribution in [2.75, 3.05) is 21.3 Å². The van der Waals surface area contributed by atoms with Crippen molar-refractivity contribution in [2.24, 2.45) is 0 Å². The number of fused-ring (bicyclic) bond motifs is 1. The molecule has 2 aromatic carbocycles. The van der Waals surface area contributed by atoms with Crippen molar-refractivity contribution < 1.29 is 23.8 Å². The number of carbonyl (C=O) groups excluding carboxylic acids is 2. The zero-order valence-corrected chi connectivity index (χ0v) is 23.7. The van der Waals surface area contributed by atoms with E-state index >= 15 is 0 Å². The van der Waals surface area contributed by atoms with Crippen molar-refractivity contribution in [3.05, 3.63) is 64.4 Å². The molecular formula is C28H33N5O5S. The Morgan fingerprint density at radius 1 is 1.03 bits per heavy atom. The fourth-order valence-electron chi connectivity index (χ4n) is 4.32. The first-order chi connectivity index (χ1) is 18.6. The average molecular weight is 552 g/mol. The van der Waals surface area contributed by atoms with Crippen LogP contribution in [0.2, 0.25) is 0 Å². The van der Waals surface area contributed by atoms with Crippen molar-refractivity contribution in [3.8, 4) is 17.2 Å². The summed E-state index contributed by atoms with van der Waals surface area (Å²) in [6.45, 7) is 5.79. The van der Waals surface area contributed by atoms with Crippen LogP contribution in [0.15, 0.2) is 53.9 Å². The highest BCUT2D eigenvalue weighted by atomic mass is 32.1. The minimum Gasteiger partial charge on any atom is -0.493 e. The van der Waals surface area contributed by atoms with Gasteiger partial charge in [-0.2, -0.15) is 0 Å². The number of hydrogen-bond acceptors (Lipinski definition) is 8. The second-order valence-corrected chi connectivity index (χ2v) is 11.0. The first kappa shape index (κ1) is 27.9. The largest absolute Gasteiger partial charge is 0.493 e. The fourth-order valence-corrected chi connectivity index (χ4v) is 5.02. The molecular weight excluding hydrogens is 518 g/mol. The molecule has 1 unspecified atom stereocenters. The van der Waals surface area contributed by atoms with Crippen molar-refractivity contribution in [1.29, 1.82) is 0 Å². The summed E-state index contributed by atoms with van der Waals surface area (Å²) in [6.07, 6.45) is 0. The number of para-hydroxylation sites is 1. The van der Waals surface area contributed by atoms with E-state index in [-0.39, 0.29) is 24.9 Å². The highest BCUT2D eigenvalue weighted by Crippen LogP contribution is 2.41. The summed E-state index contributed by atoms with van der Waals surface area (Å²) in [5, 5.41) is 13.4. The Balaban J connectivity index is 1.84. The molecule has 0 fully saturated rings. The molecule has 4 rings (SSSR count). The molecule has 2 amide bonds. The average Bonchev–Trinajstić information content (AvgIpc) is 3.56. The smallest absolute Gasteiger partial charge is 0.247 e. The predicted molar refractivity (Wildman–Crippen MR) is 149 cm³/mol. The van der Waals surface area contributed by atoms with Gasteiger partial charge < -0.3 is 24.4 Å². The molecule has 0 spiro atoms. The lowest BCUT2D eigenvalue weighted by molar-refractivity contribution is -0.142. The third-order valence-corrected chi connectivity index (χ3v) is 6.85. The van der Waals surface area contributed by atoms with E-state index in [0.29, 0.717) is 28.3 Å². The van der Waals surface area contributed by atoms with Gasteiger partial charge in [0.25, 0.3) is 0 Å². The Bertz CT molecular complexity index is 1420. The van der Waals surface area contributed by atoms with Gasteiger partial charge in [-0.25, -0.2) is 4.68 Å². The minimum absolute atomic E-state index is 0.102. The van der Waals surface area contributed by atoms with Crippen molar-refractivity contribution in [3.63, 3.8) is 0 Å². The van der Waals surface area contributed by atoms with Crippen LogP contribution in [0.3, 0.4) is 0 Å². The van der Waals surface area contributed by atoms with E-state index in [1.807, 2.05) is 62.5 Å². The molecule has 0 aliphatic rings. The van der Waals surface area contributed by atoms with Crippen molar-refractivity contribution in [1.82, 2.24) is 25.2 Å². The number of carbonyl (C=O) groups is 2. The SMILES string of the molecule is COc1cc(C(C(=O)NC(C)(C)C)N(Cc2cccs2)C(=O)Cn2nnc3ccccc32)cc(OC)c1OC. The van der Waals surface area contributed by atoms with E-state index in [9.17, 15) is 9.59 Å². The van der Waals surface area contributed by atoms with Gasteiger partial charge >= 0.3 is 0 Å². The number of amides is 2. The first-order valence-electron chi connectivity index (χ1n) is 12.4. The van der Waals surface area contributed by atoms with Crippen LogP contribution >= 0.6 is 11.3 Å². The Labute approximate surface area is 231 Å². The van der Waals surface area contributed by atoms with E-state index in [0.717, 1.165) is 10.4 Å². The topological polar surface area (TPSA) is 108 Å². The van der Waals surface area contributed by atoms with Crippen molar-refractivity contribution in [2.45, 2.75) is 45.4 Å². The highest BCUT2D eigenvalue weighted by molar-refractivity contribution is 7.09. The van der Waals surface area contributed by atoms with Crippen molar-refractivity contribution >= 4 is 34.2 Å². The lowest BCUT2D eigenvalue weighted by atomic mass is 10.00. The van der Waals surface area contributed by atoms with Crippen LogP contribution in [-0.4, -0.2) is 58.6 Å². The van der Waals surface area contributed by atoms with Crippen LogP contribution in [-0.2, 0) is 22.7 Å². The number of nitrogens with zero attached hydrogens (tertiary/aromatic N) is 4. The fraction of sp³-hybridized carbons (Fsp3) is 0.357. The molecule has 0 bridgehead atoms. The molecule has 2 aromatic heterocycles. The molecule has 11 heteroatoms. The Hall–Kier alpha value is -4.12. The van der Waals surface area contributed by atoms with Gasteiger partial charge in [-0.05, 0) is 62.0 Å². The number of rotatable bonds is 10. The monoisotopic (exact) mass is 551 g/mol. The van der Waals surface area contributed by atoms with E-state index in [2.05, 4.69) is 15.6 Å². The number of hydrogen-bond donors (Lipinski definition) is 1. The van der Waals surface area contributed by atoms with Crippen LogP contribution in [0.1, 0.15) is 37.3 Å². The highest BCUT2D eigenvalue weighted by Gasteiger charge is 2.35. The zero-order chi connectivity index (χ0) is 28.2. The summed E-state index contributed by atoms with van der Waals surface area (Å²) in [4.78, 5) is 30.5. The van der Waals surface area contributed by atoms with Gasteiger partial charge in [-0.15, -0.1) is 16.4 Å². The lowest BCUT2D eigenvalue weighted by Crippen LogP contribution is -2.49. The summed E-state index contributed by atoms with van der Waals surface area (Å²) < 4.78 is 18.2. The maximum atomic E-state index is 14.1. The molecule has 0 aliphatic heterocycles. The van der Waals surface area contributed by atoms with Crippen LogP contribution in [0.5, 0.6) is 17.2 Å². The number of thiophene rings is 1. The quantitative estimate of drug-likeness (QED) is 0.315. The van der Waals surface area contributed by atoms with Gasteiger partial charge in [0.1, 0.15) is 18.1 Å². The third kappa shape index (κ3) is 6.31. The maximum Gasteiger partial charge on any atom is 0.247 e. The van der Waals surface area contributed by atoms with Gasteiger partial charge in [0.05, 0.1) is 33.4 Å². The minimum atomic E-state index is -1.01. The second-order valence-electron chi connectivity index (χ2n) is 9.94. The van der Waals surface area contributed by atoms with Crippen LogP contribution in [0.25, 0.3) is 11.0 Å². The molecule has 0 saturated heterocycles. The number of methoxy groups -OCH3 is 3. The van der Waals surface area contributed by atoms with E-state index in [1.54, 1.807) is 21.7 Å². The molecule has 4 aromatic rings. The summed E-state index contributed by atoms with van der Waals surface area (Å²) >= 11 is 1.51. The van der Waals surface area contributed by atoms with Gasteiger partial charge in [-0.1, -0.05) is 23.4 Å².